The summed E-state index contributed by atoms with van der Waals surface area (Å²) in [7, 11) is 0. The van der Waals surface area contributed by atoms with Crippen LogP contribution in [-0.4, -0.2) is 18.3 Å². The van der Waals surface area contributed by atoms with E-state index in [1.54, 1.807) is 24.3 Å². The molecule has 0 spiro atoms. The molecule has 82 heavy (non-hydrogen) atoms. The van der Waals surface area contributed by atoms with Gasteiger partial charge < -0.3 is 27.7 Å². The average molecular weight is 1080 g/mol. The highest BCUT2D eigenvalue weighted by atomic mass is 16.5. The van der Waals surface area contributed by atoms with Gasteiger partial charge in [0.25, 0.3) is 0 Å². The van der Waals surface area contributed by atoms with Gasteiger partial charge >= 0.3 is 0 Å². The molecule has 0 fully saturated rings. The molecule has 10 rings (SSSR count). The molecule has 4 aromatic carbocycles. The molecule has 0 bridgehead atoms. The van der Waals surface area contributed by atoms with Gasteiger partial charge in [-0.1, -0.05) is 128 Å². The van der Waals surface area contributed by atoms with E-state index in [1.165, 1.54) is 43.6 Å². The molecule has 10 heteroatoms. The van der Waals surface area contributed by atoms with Gasteiger partial charge in [-0.3, -0.25) is 0 Å². The van der Waals surface area contributed by atoms with Crippen LogP contribution < -0.4 is 0 Å². The van der Waals surface area contributed by atoms with Gasteiger partial charge in [0.2, 0.25) is 0 Å². The van der Waals surface area contributed by atoms with E-state index in [4.69, 9.17) is 9.47 Å². The molecular weight excluding hydrogens is 1010 g/mol. The normalized spacial score (nSPS) is 13.7. The van der Waals surface area contributed by atoms with Crippen LogP contribution in [0.2, 0.25) is 0 Å². The lowest BCUT2D eigenvalue weighted by molar-refractivity contribution is 0.332. The predicted octanol–water partition coefficient (Wildman–Crippen LogP) is 17.6. The molecule has 2 aliphatic heterocycles. The maximum absolute atomic E-state index is 9.56. The molecule has 4 aromatic heterocycles. The molecule has 0 saturated heterocycles. The quantitative estimate of drug-likeness (QED) is 0.0885. The van der Waals surface area contributed by atoms with Crippen molar-refractivity contribution in [1.29, 1.82) is 21.0 Å². The molecule has 0 amide bonds. The topological polar surface area (TPSA) is 133 Å². The minimum Gasteiger partial charge on any atom is -0.457 e. The van der Waals surface area contributed by atoms with Crippen molar-refractivity contribution >= 4 is 67.9 Å². The van der Waals surface area contributed by atoms with Crippen LogP contribution in [0.25, 0.3) is 67.9 Å². The Kier molecular flexibility index (Phi) is 17.9. The lowest BCUT2D eigenvalue weighted by Gasteiger charge is -2.14. The van der Waals surface area contributed by atoms with Crippen molar-refractivity contribution in [3.63, 3.8) is 0 Å². The number of fused-ring (bicyclic) bond motifs is 4. The molecule has 408 valence electrons. The van der Waals surface area contributed by atoms with Gasteiger partial charge in [0.15, 0.2) is 0 Å². The largest absolute Gasteiger partial charge is 0.457 e. The third-order valence-corrected chi connectivity index (χ3v) is 14.0. The molecule has 0 aliphatic carbocycles. The smallest absolute Gasteiger partial charge is 0.137 e. The number of hydrogen-bond donors (Lipinski definition) is 0. The fraction of sp³-hybridized carbons (Fsp3) is 0.222. The number of allylic oxidation sites excluding steroid dienone is 12. The molecular formula is C72H68N8O2. The molecule has 0 unspecified atom stereocenters. The Morgan fingerprint density at radius 1 is 0.354 bits per heavy atom. The minimum atomic E-state index is 0.0471. The number of aromatic nitrogens is 4. The maximum Gasteiger partial charge on any atom is 0.137 e. The van der Waals surface area contributed by atoms with Gasteiger partial charge in [0.05, 0.1) is 0 Å². The SMILES string of the molecule is CC(C)Cn1ccc2c(/C=C/C3=CC(=C(C#N)C#N)C=C(/C=C/c4cccc5c4ccn5CC(C)C)O3)cccc21.CC(C)Cn1ccc2c(/C=C/C3=CC(=C(C#N)C#N)C=C(/C=C/c4cccc5c4ccn5CC(C)C)O3)cccc21. The number of ether oxygens (including phenoxy) is 2. The van der Waals surface area contributed by atoms with E-state index >= 15 is 0 Å². The number of nitriles is 4. The maximum atomic E-state index is 9.56. The Bertz CT molecular complexity index is 3680. The van der Waals surface area contributed by atoms with Crippen molar-refractivity contribution in [1.82, 2.24) is 18.3 Å². The van der Waals surface area contributed by atoms with E-state index in [0.717, 1.165) is 48.4 Å². The summed E-state index contributed by atoms with van der Waals surface area (Å²) in [5.41, 5.74) is 10.2. The van der Waals surface area contributed by atoms with Gasteiger partial charge in [-0.05, 0) is 143 Å². The number of hydrogen-bond acceptors (Lipinski definition) is 6. The summed E-state index contributed by atoms with van der Waals surface area (Å²) in [6, 6.07) is 41.8. The molecule has 0 radical (unpaired) electrons. The highest BCUT2D eigenvalue weighted by molar-refractivity contribution is 5.92. The Balaban J connectivity index is 0.000000198. The second kappa shape index (κ2) is 25.9. The van der Waals surface area contributed by atoms with E-state index in [9.17, 15) is 21.0 Å². The molecule has 0 N–H and O–H groups in total. The standard InChI is InChI=1S/2C36H34N4O/c2*1-25(2)23-39-17-15-33-27(7-5-9-35(33)39)11-13-31-19-29(30(21-37)22-38)20-32(41-31)14-12-28-8-6-10-36-34(28)16-18-40(36)24-26(3)4/h2*5-20,25-26H,23-24H2,1-4H3/b2*13-11+,14-12+. The predicted molar refractivity (Wildman–Crippen MR) is 334 cm³/mol. The van der Waals surface area contributed by atoms with E-state index in [1.807, 2.05) is 72.9 Å². The summed E-state index contributed by atoms with van der Waals surface area (Å²) in [6.45, 7) is 21.6. The summed E-state index contributed by atoms with van der Waals surface area (Å²) in [5.74, 6) is 4.45. The van der Waals surface area contributed by atoms with Crippen molar-refractivity contribution in [3.05, 3.63) is 238 Å². The van der Waals surface area contributed by atoms with Crippen LogP contribution >= 0.6 is 0 Å². The Morgan fingerprint density at radius 2 is 0.585 bits per heavy atom. The lowest BCUT2D eigenvalue weighted by atomic mass is 10.0. The van der Waals surface area contributed by atoms with E-state index in [2.05, 4.69) is 196 Å². The summed E-state index contributed by atoms with van der Waals surface area (Å²) in [6.07, 6.45) is 31.2. The fourth-order valence-electron chi connectivity index (χ4n) is 10.5. The van der Waals surface area contributed by atoms with E-state index in [-0.39, 0.29) is 11.1 Å². The zero-order chi connectivity index (χ0) is 57.9. The number of nitrogens with zero attached hydrogens (tertiary/aromatic N) is 8. The fourth-order valence-corrected chi connectivity index (χ4v) is 10.5. The molecule has 0 atom stereocenters. The van der Waals surface area contributed by atoms with Crippen molar-refractivity contribution in [3.8, 4) is 24.3 Å². The highest BCUT2D eigenvalue weighted by Gasteiger charge is 2.16. The summed E-state index contributed by atoms with van der Waals surface area (Å²) < 4.78 is 21.6. The second-order valence-corrected chi connectivity index (χ2v) is 22.4. The van der Waals surface area contributed by atoms with Crippen LogP contribution in [-0.2, 0) is 35.7 Å². The molecule has 6 heterocycles. The van der Waals surface area contributed by atoms with Gasteiger partial charge in [-0.2, -0.15) is 21.0 Å². The summed E-state index contributed by atoms with van der Waals surface area (Å²) in [5, 5.41) is 42.9. The van der Waals surface area contributed by atoms with Crippen LogP contribution in [0, 0.1) is 69.0 Å². The van der Waals surface area contributed by atoms with Gasteiger partial charge in [0.1, 0.15) is 58.5 Å². The van der Waals surface area contributed by atoms with E-state index < -0.39 is 0 Å². The Labute approximate surface area is 481 Å². The van der Waals surface area contributed by atoms with Crippen LogP contribution in [0.5, 0.6) is 0 Å². The van der Waals surface area contributed by atoms with Crippen molar-refractivity contribution in [2.45, 2.75) is 81.6 Å². The summed E-state index contributed by atoms with van der Waals surface area (Å²) in [4.78, 5) is 0. The van der Waals surface area contributed by atoms with Gasteiger partial charge in [0, 0.05) is 106 Å². The third kappa shape index (κ3) is 13.4. The minimum absolute atomic E-state index is 0.0471. The first-order chi connectivity index (χ1) is 39.7. The van der Waals surface area contributed by atoms with Gasteiger partial charge in [-0.25, -0.2) is 0 Å². The van der Waals surface area contributed by atoms with Crippen LogP contribution in [0.15, 0.2) is 216 Å². The number of rotatable bonds is 16. The first-order valence-corrected chi connectivity index (χ1v) is 28.1. The Hall–Kier alpha value is -10.0. The first-order valence-electron chi connectivity index (χ1n) is 28.1. The van der Waals surface area contributed by atoms with E-state index in [0.29, 0.717) is 57.9 Å². The van der Waals surface area contributed by atoms with Crippen molar-refractivity contribution in [2.24, 2.45) is 23.7 Å². The Morgan fingerprint density at radius 3 is 0.793 bits per heavy atom. The second-order valence-electron chi connectivity index (χ2n) is 22.4. The van der Waals surface area contributed by atoms with Crippen LogP contribution in [0.4, 0.5) is 0 Å². The highest BCUT2D eigenvalue weighted by Crippen LogP contribution is 2.31. The zero-order valence-electron chi connectivity index (χ0n) is 48.0. The van der Waals surface area contributed by atoms with Crippen LogP contribution in [0.3, 0.4) is 0 Å². The van der Waals surface area contributed by atoms with Gasteiger partial charge in [-0.15, -0.1) is 0 Å². The van der Waals surface area contributed by atoms with Crippen molar-refractivity contribution in [2.75, 3.05) is 0 Å². The van der Waals surface area contributed by atoms with Crippen molar-refractivity contribution < 1.29 is 9.47 Å². The zero-order valence-corrected chi connectivity index (χ0v) is 48.0. The third-order valence-electron chi connectivity index (χ3n) is 14.0. The molecule has 0 saturated carbocycles. The average Bonchev–Trinajstić information content (AvgIpc) is 4.49. The number of benzene rings is 4. The molecule has 10 nitrogen and oxygen atoms in total. The monoisotopic (exact) mass is 1080 g/mol. The molecule has 2 aliphatic rings. The van der Waals surface area contributed by atoms with Crippen LogP contribution in [0.1, 0.15) is 77.6 Å². The first kappa shape index (κ1) is 56.7. The molecule has 8 aromatic rings. The lowest BCUT2D eigenvalue weighted by Crippen LogP contribution is -2.02. The summed E-state index contributed by atoms with van der Waals surface area (Å²) >= 11 is 0.